The van der Waals surface area contributed by atoms with Gasteiger partial charge in [0.2, 0.25) is 0 Å². The first-order valence-corrected chi connectivity index (χ1v) is 7.84. The monoisotopic (exact) mass is 280 g/mol. The Balaban J connectivity index is 2.60. The SMILES string of the molecule is COCCC(C)NS(=O)(=O)N1CCCCC1CO. The lowest BCUT2D eigenvalue weighted by Gasteiger charge is -2.34. The minimum absolute atomic E-state index is 0.118. The van der Waals surface area contributed by atoms with Gasteiger partial charge < -0.3 is 9.84 Å². The standard InChI is InChI=1S/C11H24N2O4S/c1-10(6-8-17-2)12-18(15,16)13-7-4-3-5-11(13)9-14/h10-12,14H,3-9H2,1-2H3. The van der Waals surface area contributed by atoms with Gasteiger partial charge in [0.05, 0.1) is 6.61 Å². The highest BCUT2D eigenvalue weighted by Crippen LogP contribution is 2.19. The Morgan fingerprint density at radius 2 is 2.22 bits per heavy atom. The summed E-state index contributed by atoms with van der Waals surface area (Å²) in [6.45, 7) is 2.70. The van der Waals surface area contributed by atoms with Crippen LogP contribution in [0.25, 0.3) is 0 Å². The lowest BCUT2D eigenvalue weighted by atomic mass is 10.1. The van der Waals surface area contributed by atoms with Crippen molar-refractivity contribution in [3.63, 3.8) is 0 Å². The van der Waals surface area contributed by atoms with Gasteiger partial charge in [0.15, 0.2) is 0 Å². The van der Waals surface area contributed by atoms with E-state index in [0.717, 1.165) is 19.3 Å². The van der Waals surface area contributed by atoms with Crippen molar-refractivity contribution in [3.05, 3.63) is 0 Å². The second-order valence-electron chi connectivity index (χ2n) is 4.75. The first kappa shape index (κ1) is 15.8. The van der Waals surface area contributed by atoms with Gasteiger partial charge >= 0.3 is 0 Å². The number of hydrogen-bond donors (Lipinski definition) is 2. The van der Waals surface area contributed by atoms with E-state index in [1.807, 2.05) is 6.92 Å². The molecule has 1 fully saturated rings. The van der Waals surface area contributed by atoms with Crippen molar-refractivity contribution >= 4 is 10.2 Å². The molecule has 1 aliphatic heterocycles. The van der Waals surface area contributed by atoms with Crippen LogP contribution in [0.5, 0.6) is 0 Å². The Hall–Kier alpha value is -0.210. The van der Waals surface area contributed by atoms with Gasteiger partial charge in [-0.05, 0) is 26.2 Å². The molecule has 0 aromatic carbocycles. The topological polar surface area (TPSA) is 78.9 Å². The Morgan fingerprint density at radius 3 is 2.83 bits per heavy atom. The molecule has 0 saturated carbocycles. The molecular formula is C11H24N2O4S. The maximum atomic E-state index is 12.2. The molecule has 0 bridgehead atoms. The van der Waals surface area contributed by atoms with Crippen LogP contribution in [-0.4, -0.2) is 56.8 Å². The van der Waals surface area contributed by atoms with Crippen LogP contribution in [0, 0.1) is 0 Å². The van der Waals surface area contributed by atoms with E-state index in [1.54, 1.807) is 7.11 Å². The smallest absolute Gasteiger partial charge is 0.280 e. The average molecular weight is 280 g/mol. The Labute approximate surface area is 109 Å². The fraction of sp³-hybridized carbons (Fsp3) is 1.00. The van der Waals surface area contributed by atoms with E-state index in [9.17, 15) is 13.5 Å². The Kier molecular flexibility index (Phi) is 6.51. The molecule has 0 aliphatic carbocycles. The zero-order valence-corrected chi connectivity index (χ0v) is 11.9. The van der Waals surface area contributed by atoms with Crippen LogP contribution in [0.1, 0.15) is 32.6 Å². The van der Waals surface area contributed by atoms with Gasteiger partial charge in [-0.1, -0.05) is 6.42 Å². The van der Waals surface area contributed by atoms with E-state index in [-0.39, 0.29) is 18.7 Å². The summed E-state index contributed by atoms with van der Waals surface area (Å²) in [5.41, 5.74) is 0. The summed E-state index contributed by atoms with van der Waals surface area (Å²) in [6, 6.07) is -0.456. The molecule has 2 N–H and O–H groups in total. The van der Waals surface area contributed by atoms with Crippen molar-refractivity contribution < 1.29 is 18.3 Å². The summed E-state index contributed by atoms with van der Waals surface area (Å²) in [7, 11) is -1.92. The molecule has 0 spiro atoms. The van der Waals surface area contributed by atoms with Gasteiger partial charge in [-0.3, -0.25) is 0 Å². The molecule has 108 valence electrons. The van der Waals surface area contributed by atoms with E-state index < -0.39 is 10.2 Å². The first-order chi connectivity index (χ1) is 8.51. The molecule has 2 atom stereocenters. The molecule has 18 heavy (non-hydrogen) atoms. The third-order valence-corrected chi connectivity index (χ3v) is 5.00. The lowest BCUT2D eigenvalue weighted by molar-refractivity contribution is 0.152. The summed E-state index contributed by atoms with van der Waals surface area (Å²) >= 11 is 0. The summed E-state index contributed by atoms with van der Waals surface area (Å²) in [4.78, 5) is 0. The van der Waals surface area contributed by atoms with Crippen LogP contribution in [0.15, 0.2) is 0 Å². The number of methoxy groups -OCH3 is 1. The molecule has 2 unspecified atom stereocenters. The van der Waals surface area contributed by atoms with Gasteiger partial charge in [0.25, 0.3) is 10.2 Å². The van der Waals surface area contributed by atoms with Crippen LogP contribution in [-0.2, 0) is 14.9 Å². The zero-order valence-electron chi connectivity index (χ0n) is 11.1. The molecule has 1 heterocycles. The highest BCUT2D eigenvalue weighted by molar-refractivity contribution is 7.87. The summed E-state index contributed by atoms with van der Waals surface area (Å²) in [6.07, 6.45) is 3.18. The molecule has 0 aromatic rings. The zero-order chi connectivity index (χ0) is 13.6. The normalized spacial score (nSPS) is 24.1. The second-order valence-corrected chi connectivity index (χ2v) is 6.40. The Morgan fingerprint density at radius 1 is 1.50 bits per heavy atom. The molecule has 0 radical (unpaired) electrons. The van der Waals surface area contributed by atoms with E-state index >= 15 is 0 Å². The third kappa shape index (κ3) is 4.47. The van der Waals surface area contributed by atoms with Crippen LogP contribution < -0.4 is 4.72 Å². The minimum atomic E-state index is -3.51. The summed E-state index contributed by atoms with van der Waals surface area (Å²) in [5.74, 6) is 0. The lowest BCUT2D eigenvalue weighted by Crippen LogP contribution is -2.52. The predicted octanol–water partition coefficient (Wildman–Crippen LogP) is 0.0926. The summed E-state index contributed by atoms with van der Waals surface area (Å²) < 4.78 is 33.3. The molecule has 7 heteroatoms. The molecule has 0 amide bonds. The fourth-order valence-corrected chi connectivity index (χ4v) is 3.84. The number of rotatable bonds is 7. The molecule has 0 aromatic heterocycles. The van der Waals surface area contributed by atoms with Crippen molar-refractivity contribution in [1.82, 2.24) is 9.03 Å². The van der Waals surface area contributed by atoms with Gasteiger partial charge in [0, 0.05) is 32.3 Å². The number of nitrogens with zero attached hydrogens (tertiary/aromatic N) is 1. The quantitative estimate of drug-likeness (QED) is 0.693. The number of piperidine rings is 1. The molecule has 1 aliphatic rings. The maximum Gasteiger partial charge on any atom is 0.280 e. The summed E-state index contributed by atoms with van der Waals surface area (Å²) in [5, 5.41) is 9.25. The van der Waals surface area contributed by atoms with Crippen molar-refractivity contribution in [2.24, 2.45) is 0 Å². The van der Waals surface area contributed by atoms with Gasteiger partial charge in [-0.2, -0.15) is 17.4 Å². The van der Waals surface area contributed by atoms with Crippen molar-refractivity contribution in [1.29, 1.82) is 0 Å². The Bertz CT molecular complexity index is 334. The van der Waals surface area contributed by atoms with Crippen LogP contribution in [0.4, 0.5) is 0 Å². The molecule has 6 nitrogen and oxygen atoms in total. The second kappa shape index (κ2) is 7.40. The number of aliphatic hydroxyl groups is 1. The van der Waals surface area contributed by atoms with E-state index in [0.29, 0.717) is 19.6 Å². The van der Waals surface area contributed by atoms with Gasteiger partial charge in [-0.25, -0.2) is 0 Å². The van der Waals surface area contributed by atoms with Gasteiger partial charge in [-0.15, -0.1) is 0 Å². The third-order valence-electron chi connectivity index (χ3n) is 3.20. The maximum absolute atomic E-state index is 12.2. The van der Waals surface area contributed by atoms with Crippen molar-refractivity contribution in [3.8, 4) is 0 Å². The van der Waals surface area contributed by atoms with Crippen LogP contribution in [0.3, 0.4) is 0 Å². The highest BCUT2D eigenvalue weighted by Gasteiger charge is 2.32. The number of ether oxygens (including phenoxy) is 1. The fourth-order valence-electron chi connectivity index (χ4n) is 2.15. The molecule has 1 saturated heterocycles. The largest absolute Gasteiger partial charge is 0.395 e. The number of hydrogen-bond acceptors (Lipinski definition) is 4. The minimum Gasteiger partial charge on any atom is -0.395 e. The van der Waals surface area contributed by atoms with Gasteiger partial charge in [0.1, 0.15) is 0 Å². The molecular weight excluding hydrogens is 256 g/mol. The number of nitrogens with one attached hydrogen (secondary N) is 1. The van der Waals surface area contributed by atoms with Crippen molar-refractivity contribution in [2.75, 3.05) is 26.9 Å². The highest BCUT2D eigenvalue weighted by atomic mass is 32.2. The van der Waals surface area contributed by atoms with E-state index in [1.165, 1.54) is 4.31 Å². The number of aliphatic hydroxyl groups excluding tert-OH is 1. The van der Waals surface area contributed by atoms with E-state index in [2.05, 4.69) is 4.72 Å². The molecule has 1 rings (SSSR count). The van der Waals surface area contributed by atoms with E-state index in [4.69, 9.17) is 4.74 Å². The first-order valence-electron chi connectivity index (χ1n) is 6.40. The predicted molar refractivity (Wildman–Crippen MR) is 69.4 cm³/mol. The van der Waals surface area contributed by atoms with Crippen LogP contribution >= 0.6 is 0 Å². The van der Waals surface area contributed by atoms with Crippen LogP contribution in [0.2, 0.25) is 0 Å². The average Bonchev–Trinajstić information content (AvgIpc) is 2.35. The van der Waals surface area contributed by atoms with Crippen molar-refractivity contribution in [2.45, 2.75) is 44.7 Å².